The summed E-state index contributed by atoms with van der Waals surface area (Å²) in [4.78, 5) is 6.48. The van der Waals surface area contributed by atoms with Gasteiger partial charge in [0.15, 0.2) is 0 Å². The molecule has 0 aliphatic heterocycles. The molecule has 18 heavy (non-hydrogen) atoms. The third-order valence-corrected chi connectivity index (χ3v) is 4.47. The molecule has 3 nitrogen and oxygen atoms in total. The minimum absolute atomic E-state index is 0.287. The van der Waals surface area contributed by atoms with Crippen molar-refractivity contribution in [2.45, 2.75) is 45.2 Å². The molecule has 3 heteroatoms. The fraction of sp³-hybridized carbons (Fsp3) is 0.667. The van der Waals surface area contributed by atoms with E-state index in [1.165, 1.54) is 18.4 Å². The van der Waals surface area contributed by atoms with E-state index in [0.717, 1.165) is 13.0 Å². The predicted molar refractivity (Wildman–Crippen MR) is 75.3 cm³/mol. The van der Waals surface area contributed by atoms with E-state index in [2.05, 4.69) is 42.9 Å². The number of nitrogens with two attached hydrogens (primary N) is 1. The molecule has 1 aliphatic rings. The highest BCUT2D eigenvalue weighted by molar-refractivity contribution is 5.10. The van der Waals surface area contributed by atoms with Crippen LogP contribution in [0.5, 0.6) is 0 Å². The third-order valence-electron chi connectivity index (χ3n) is 4.47. The molecule has 100 valence electrons. The first-order valence-electron chi connectivity index (χ1n) is 6.85. The Kier molecular flexibility index (Phi) is 4.03. The van der Waals surface area contributed by atoms with Gasteiger partial charge < -0.3 is 10.6 Å². The highest BCUT2D eigenvalue weighted by Crippen LogP contribution is 2.38. The summed E-state index contributed by atoms with van der Waals surface area (Å²) in [5.41, 5.74) is 8.01. The molecule has 2 unspecified atom stereocenters. The van der Waals surface area contributed by atoms with Gasteiger partial charge in [-0.15, -0.1) is 0 Å². The number of hydrogen-bond donors (Lipinski definition) is 1. The van der Waals surface area contributed by atoms with Crippen LogP contribution in [0.15, 0.2) is 24.5 Å². The first kappa shape index (κ1) is 13.5. The zero-order chi connectivity index (χ0) is 13.2. The normalized spacial score (nSPS) is 26.7. The number of likely N-dealkylation sites (N-methyl/N-ethyl adjacent to an activating group) is 1. The lowest BCUT2D eigenvalue weighted by Crippen LogP contribution is -2.48. The minimum Gasteiger partial charge on any atom is -0.326 e. The second-order valence-corrected chi connectivity index (χ2v) is 6.21. The van der Waals surface area contributed by atoms with Crippen LogP contribution in [0.3, 0.4) is 0 Å². The molecule has 2 atom stereocenters. The largest absolute Gasteiger partial charge is 0.326 e. The van der Waals surface area contributed by atoms with Gasteiger partial charge in [0, 0.05) is 31.0 Å². The van der Waals surface area contributed by atoms with Crippen LogP contribution in [0.2, 0.25) is 0 Å². The summed E-state index contributed by atoms with van der Waals surface area (Å²) in [6.07, 6.45) is 7.25. The van der Waals surface area contributed by atoms with Gasteiger partial charge in [0.25, 0.3) is 0 Å². The van der Waals surface area contributed by atoms with Gasteiger partial charge in [0.1, 0.15) is 0 Å². The average molecular weight is 247 g/mol. The minimum atomic E-state index is 0.287. The molecule has 2 rings (SSSR count). The highest BCUT2D eigenvalue weighted by atomic mass is 15.2. The molecule has 0 saturated heterocycles. The van der Waals surface area contributed by atoms with E-state index >= 15 is 0 Å². The van der Waals surface area contributed by atoms with E-state index in [4.69, 9.17) is 5.73 Å². The molecule has 1 aromatic rings. The lowest BCUT2D eigenvalue weighted by molar-refractivity contribution is 0.200. The summed E-state index contributed by atoms with van der Waals surface area (Å²) in [7, 11) is 2.20. The molecule has 1 heterocycles. The molecule has 0 spiro atoms. The summed E-state index contributed by atoms with van der Waals surface area (Å²) in [5, 5.41) is 0. The standard InChI is InChI=1S/C15H25N3/c1-15(2)8-4-13(14(15)16)18(3)11-7-12-5-9-17-10-6-12/h5-6,9-10,13-14H,4,7-8,11,16H2,1-3H3. The van der Waals surface area contributed by atoms with Gasteiger partial charge >= 0.3 is 0 Å². The van der Waals surface area contributed by atoms with Crippen molar-refractivity contribution in [2.75, 3.05) is 13.6 Å². The summed E-state index contributed by atoms with van der Waals surface area (Å²) in [5.74, 6) is 0. The molecule has 1 aliphatic carbocycles. The van der Waals surface area contributed by atoms with Crippen molar-refractivity contribution in [1.29, 1.82) is 0 Å². The number of nitrogens with zero attached hydrogens (tertiary/aromatic N) is 2. The smallest absolute Gasteiger partial charge is 0.0270 e. The van der Waals surface area contributed by atoms with Crippen molar-refractivity contribution in [2.24, 2.45) is 11.1 Å². The Morgan fingerprint density at radius 3 is 2.61 bits per heavy atom. The van der Waals surface area contributed by atoms with E-state index < -0.39 is 0 Å². The summed E-state index contributed by atoms with van der Waals surface area (Å²) in [6.45, 7) is 5.64. The SMILES string of the molecule is CN(CCc1ccncc1)C1CCC(C)(C)C1N. The van der Waals surface area contributed by atoms with E-state index in [0.29, 0.717) is 12.1 Å². The van der Waals surface area contributed by atoms with Crippen LogP contribution in [0.4, 0.5) is 0 Å². The fourth-order valence-corrected chi connectivity index (χ4v) is 2.90. The number of aromatic nitrogens is 1. The van der Waals surface area contributed by atoms with Crippen molar-refractivity contribution in [1.82, 2.24) is 9.88 Å². The lowest BCUT2D eigenvalue weighted by atomic mass is 9.87. The van der Waals surface area contributed by atoms with Gasteiger partial charge in [-0.2, -0.15) is 0 Å². The van der Waals surface area contributed by atoms with E-state index in [-0.39, 0.29) is 5.41 Å². The van der Waals surface area contributed by atoms with Crippen LogP contribution in [-0.2, 0) is 6.42 Å². The van der Waals surface area contributed by atoms with Gasteiger partial charge in [-0.05, 0) is 49.4 Å². The van der Waals surface area contributed by atoms with Gasteiger partial charge in [0.05, 0.1) is 0 Å². The maximum atomic E-state index is 6.37. The summed E-state index contributed by atoms with van der Waals surface area (Å²) < 4.78 is 0. The molecule has 0 bridgehead atoms. The van der Waals surface area contributed by atoms with Gasteiger partial charge in [0.2, 0.25) is 0 Å². The average Bonchev–Trinajstić information content (AvgIpc) is 2.63. The molecule has 1 saturated carbocycles. The van der Waals surface area contributed by atoms with Gasteiger partial charge in [-0.1, -0.05) is 13.8 Å². The Morgan fingerprint density at radius 1 is 1.39 bits per heavy atom. The summed E-state index contributed by atoms with van der Waals surface area (Å²) >= 11 is 0. The highest BCUT2D eigenvalue weighted by Gasteiger charge is 2.40. The quantitative estimate of drug-likeness (QED) is 0.885. The van der Waals surface area contributed by atoms with Crippen LogP contribution < -0.4 is 5.73 Å². The molecule has 0 amide bonds. The van der Waals surface area contributed by atoms with Gasteiger partial charge in [-0.25, -0.2) is 0 Å². The molecular weight excluding hydrogens is 222 g/mol. The lowest BCUT2D eigenvalue weighted by Gasteiger charge is -2.32. The molecule has 1 fully saturated rings. The molecule has 0 radical (unpaired) electrons. The van der Waals surface area contributed by atoms with E-state index in [9.17, 15) is 0 Å². The first-order valence-corrected chi connectivity index (χ1v) is 6.85. The van der Waals surface area contributed by atoms with Crippen molar-refractivity contribution >= 4 is 0 Å². The topological polar surface area (TPSA) is 42.2 Å². The number of hydrogen-bond acceptors (Lipinski definition) is 3. The molecule has 1 aromatic heterocycles. The number of pyridine rings is 1. The summed E-state index contributed by atoms with van der Waals surface area (Å²) in [6, 6.07) is 5.00. The van der Waals surface area contributed by atoms with Crippen molar-refractivity contribution < 1.29 is 0 Å². The third kappa shape index (κ3) is 2.90. The van der Waals surface area contributed by atoms with Crippen LogP contribution in [0, 0.1) is 5.41 Å². The Morgan fingerprint density at radius 2 is 2.06 bits per heavy atom. The van der Waals surface area contributed by atoms with Crippen LogP contribution >= 0.6 is 0 Å². The Bertz CT molecular complexity index is 375. The second kappa shape index (κ2) is 5.37. The molecule has 2 N–H and O–H groups in total. The number of rotatable bonds is 4. The van der Waals surface area contributed by atoms with Crippen molar-refractivity contribution in [3.63, 3.8) is 0 Å². The van der Waals surface area contributed by atoms with Gasteiger partial charge in [-0.3, -0.25) is 4.98 Å². The Labute approximate surface area is 110 Å². The predicted octanol–water partition coefficient (Wildman–Crippen LogP) is 2.07. The Hall–Kier alpha value is -0.930. The van der Waals surface area contributed by atoms with E-state index in [1.807, 2.05) is 12.4 Å². The first-order chi connectivity index (χ1) is 8.50. The fourth-order valence-electron chi connectivity index (χ4n) is 2.90. The zero-order valence-corrected chi connectivity index (χ0v) is 11.8. The maximum absolute atomic E-state index is 6.37. The zero-order valence-electron chi connectivity index (χ0n) is 11.8. The van der Waals surface area contributed by atoms with Crippen molar-refractivity contribution in [3.05, 3.63) is 30.1 Å². The van der Waals surface area contributed by atoms with Crippen LogP contribution in [0.25, 0.3) is 0 Å². The van der Waals surface area contributed by atoms with Crippen LogP contribution in [0.1, 0.15) is 32.3 Å². The van der Waals surface area contributed by atoms with Crippen LogP contribution in [-0.4, -0.2) is 35.6 Å². The molecule has 0 aromatic carbocycles. The second-order valence-electron chi connectivity index (χ2n) is 6.21. The van der Waals surface area contributed by atoms with Crippen molar-refractivity contribution in [3.8, 4) is 0 Å². The van der Waals surface area contributed by atoms with E-state index in [1.54, 1.807) is 0 Å². The monoisotopic (exact) mass is 247 g/mol. The molecular formula is C15H25N3. The maximum Gasteiger partial charge on any atom is 0.0270 e. The Balaban J connectivity index is 1.88.